The minimum absolute atomic E-state index is 0.130. The van der Waals surface area contributed by atoms with Gasteiger partial charge in [-0.3, -0.25) is 0 Å². The first-order chi connectivity index (χ1) is 8.88. The number of hydrogen-bond donors (Lipinski definition) is 1. The van der Waals surface area contributed by atoms with Gasteiger partial charge in [0.1, 0.15) is 0 Å². The molecular formula is C14H19F3N2. The zero-order valence-corrected chi connectivity index (χ0v) is 11.2. The molecule has 0 amide bonds. The molecule has 0 spiro atoms. The molecule has 0 aliphatic carbocycles. The van der Waals surface area contributed by atoms with Crippen molar-refractivity contribution in [2.75, 3.05) is 25.5 Å². The summed E-state index contributed by atoms with van der Waals surface area (Å²) >= 11 is 0. The van der Waals surface area contributed by atoms with Crippen LogP contribution in [0, 0.1) is 5.92 Å². The van der Waals surface area contributed by atoms with E-state index in [1.807, 2.05) is 43.3 Å². The largest absolute Gasteiger partial charge is 0.391 e. The van der Waals surface area contributed by atoms with Crippen LogP contribution in [0.1, 0.15) is 24.4 Å². The molecule has 1 aromatic carbocycles. The van der Waals surface area contributed by atoms with Gasteiger partial charge in [0.25, 0.3) is 0 Å². The second kappa shape index (κ2) is 5.41. The Morgan fingerprint density at radius 2 is 1.79 bits per heavy atom. The van der Waals surface area contributed by atoms with Crippen molar-refractivity contribution in [3.8, 4) is 0 Å². The molecular weight excluding hydrogens is 253 g/mol. The highest BCUT2D eigenvalue weighted by atomic mass is 19.4. The van der Waals surface area contributed by atoms with E-state index < -0.39 is 12.1 Å². The third-order valence-corrected chi connectivity index (χ3v) is 3.68. The van der Waals surface area contributed by atoms with Gasteiger partial charge >= 0.3 is 6.18 Å². The Morgan fingerprint density at radius 1 is 1.16 bits per heavy atom. The molecule has 0 bridgehead atoms. The molecule has 2 nitrogen and oxygen atoms in total. The number of benzene rings is 1. The minimum atomic E-state index is -4.08. The van der Waals surface area contributed by atoms with Crippen LogP contribution in [-0.2, 0) is 0 Å². The van der Waals surface area contributed by atoms with E-state index in [2.05, 4.69) is 5.32 Å². The number of hydrogen-bond acceptors (Lipinski definition) is 2. The Morgan fingerprint density at radius 3 is 2.32 bits per heavy atom. The predicted molar refractivity (Wildman–Crippen MR) is 70.3 cm³/mol. The number of rotatable bonds is 2. The zero-order chi connectivity index (χ0) is 14.0. The average Bonchev–Trinajstić information content (AvgIpc) is 2.38. The number of piperidine rings is 1. The predicted octanol–water partition coefficient (Wildman–Crippen LogP) is 3.36. The van der Waals surface area contributed by atoms with E-state index in [9.17, 15) is 13.2 Å². The quantitative estimate of drug-likeness (QED) is 0.888. The Hall–Kier alpha value is -1.23. The number of anilines is 1. The van der Waals surface area contributed by atoms with Crippen molar-refractivity contribution in [1.29, 1.82) is 0 Å². The van der Waals surface area contributed by atoms with Gasteiger partial charge in [-0.15, -0.1) is 0 Å². The maximum absolute atomic E-state index is 12.8. The molecule has 1 fully saturated rings. The van der Waals surface area contributed by atoms with Gasteiger partial charge in [-0.2, -0.15) is 13.2 Å². The summed E-state index contributed by atoms with van der Waals surface area (Å²) < 4.78 is 38.3. The van der Waals surface area contributed by atoms with Crippen LogP contribution in [0.5, 0.6) is 0 Å². The molecule has 5 heteroatoms. The SMILES string of the molecule is CN(C)c1ccc(C2CC(C(F)(F)F)CCN2)cc1. The van der Waals surface area contributed by atoms with Crippen LogP contribution in [0.15, 0.2) is 24.3 Å². The molecule has 0 radical (unpaired) electrons. The van der Waals surface area contributed by atoms with E-state index in [0.717, 1.165) is 11.3 Å². The summed E-state index contributed by atoms with van der Waals surface area (Å²) in [5, 5.41) is 3.17. The zero-order valence-electron chi connectivity index (χ0n) is 11.2. The lowest BCUT2D eigenvalue weighted by Gasteiger charge is -2.32. The highest BCUT2D eigenvalue weighted by Crippen LogP contribution is 2.38. The number of alkyl halides is 3. The van der Waals surface area contributed by atoms with Gasteiger partial charge in [-0.25, -0.2) is 0 Å². The summed E-state index contributed by atoms with van der Waals surface area (Å²) in [6, 6.07) is 7.50. The molecule has 19 heavy (non-hydrogen) atoms. The maximum atomic E-state index is 12.8. The van der Waals surface area contributed by atoms with Gasteiger partial charge in [0.2, 0.25) is 0 Å². The number of nitrogens with zero attached hydrogens (tertiary/aromatic N) is 1. The van der Waals surface area contributed by atoms with E-state index in [1.165, 1.54) is 0 Å². The van der Waals surface area contributed by atoms with Gasteiger partial charge in [0.05, 0.1) is 5.92 Å². The van der Waals surface area contributed by atoms with Crippen molar-refractivity contribution in [1.82, 2.24) is 5.32 Å². The first kappa shape index (κ1) is 14.2. The lowest BCUT2D eigenvalue weighted by atomic mass is 9.88. The van der Waals surface area contributed by atoms with Gasteiger partial charge in [0, 0.05) is 25.8 Å². The normalized spacial score (nSPS) is 24.3. The third-order valence-electron chi connectivity index (χ3n) is 3.68. The van der Waals surface area contributed by atoms with Gasteiger partial charge in [0.15, 0.2) is 0 Å². The molecule has 1 aromatic rings. The number of nitrogens with one attached hydrogen (secondary N) is 1. The van der Waals surface area contributed by atoms with Crippen molar-refractivity contribution in [3.63, 3.8) is 0 Å². The molecule has 1 saturated heterocycles. The lowest BCUT2D eigenvalue weighted by Crippen LogP contribution is -2.38. The molecule has 2 rings (SSSR count). The van der Waals surface area contributed by atoms with E-state index in [1.54, 1.807) is 0 Å². The summed E-state index contributed by atoms with van der Waals surface area (Å²) in [7, 11) is 3.88. The van der Waals surface area contributed by atoms with E-state index >= 15 is 0 Å². The number of halogens is 3. The highest BCUT2D eigenvalue weighted by molar-refractivity contribution is 5.46. The Labute approximate surface area is 111 Å². The highest BCUT2D eigenvalue weighted by Gasteiger charge is 2.42. The molecule has 1 heterocycles. The first-order valence-electron chi connectivity index (χ1n) is 6.45. The summed E-state index contributed by atoms with van der Waals surface area (Å²) in [6.07, 6.45) is -3.77. The van der Waals surface area contributed by atoms with Crippen LogP contribution in [0.2, 0.25) is 0 Å². The third kappa shape index (κ3) is 3.41. The minimum Gasteiger partial charge on any atom is -0.378 e. The summed E-state index contributed by atoms with van der Waals surface area (Å²) in [5.41, 5.74) is 1.98. The molecule has 1 aliphatic rings. The van der Waals surface area contributed by atoms with E-state index in [0.29, 0.717) is 6.54 Å². The average molecular weight is 272 g/mol. The van der Waals surface area contributed by atoms with Crippen molar-refractivity contribution >= 4 is 5.69 Å². The molecule has 0 aromatic heterocycles. The van der Waals surface area contributed by atoms with Gasteiger partial charge in [-0.05, 0) is 37.1 Å². The van der Waals surface area contributed by atoms with E-state index in [-0.39, 0.29) is 18.9 Å². The fraction of sp³-hybridized carbons (Fsp3) is 0.571. The Kier molecular flexibility index (Phi) is 4.04. The monoisotopic (exact) mass is 272 g/mol. The second-order valence-corrected chi connectivity index (χ2v) is 5.26. The van der Waals surface area contributed by atoms with Crippen LogP contribution < -0.4 is 10.2 Å². The second-order valence-electron chi connectivity index (χ2n) is 5.26. The van der Waals surface area contributed by atoms with Crippen molar-refractivity contribution in [2.45, 2.75) is 25.1 Å². The van der Waals surface area contributed by atoms with Gasteiger partial charge < -0.3 is 10.2 Å². The Balaban J connectivity index is 2.09. The van der Waals surface area contributed by atoms with E-state index in [4.69, 9.17) is 0 Å². The fourth-order valence-corrected chi connectivity index (χ4v) is 2.47. The first-order valence-corrected chi connectivity index (χ1v) is 6.45. The molecule has 0 saturated carbocycles. The summed E-state index contributed by atoms with van der Waals surface area (Å²) in [6.45, 7) is 0.421. The van der Waals surface area contributed by atoms with Crippen LogP contribution in [0.3, 0.4) is 0 Å². The molecule has 1 N–H and O–H groups in total. The van der Waals surface area contributed by atoms with Crippen molar-refractivity contribution in [2.24, 2.45) is 5.92 Å². The van der Waals surface area contributed by atoms with Crippen molar-refractivity contribution in [3.05, 3.63) is 29.8 Å². The van der Waals surface area contributed by atoms with Crippen LogP contribution in [-0.4, -0.2) is 26.8 Å². The molecule has 1 aliphatic heterocycles. The summed E-state index contributed by atoms with van der Waals surface area (Å²) in [4.78, 5) is 1.97. The Bertz CT molecular complexity index is 412. The lowest BCUT2D eigenvalue weighted by molar-refractivity contribution is -0.183. The van der Waals surface area contributed by atoms with Crippen molar-refractivity contribution < 1.29 is 13.2 Å². The van der Waals surface area contributed by atoms with Crippen LogP contribution in [0.4, 0.5) is 18.9 Å². The maximum Gasteiger partial charge on any atom is 0.391 e. The topological polar surface area (TPSA) is 15.3 Å². The van der Waals surface area contributed by atoms with Crippen LogP contribution in [0.25, 0.3) is 0 Å². The molecule has 2 atom stereocenters. The summed E-state index contributed by atoms with van der Waals surface area (Å²) in [5.74, 6) is -1.19. The fourth-order valence-electron chi connectivity index (χ4n) is 2.47. The standard InChI is InChI=1S/C14H19F3N2/c1-19(2)12-5-3-10(4-6-12)13-9-11(7-8-18-13)14(15,16)17/h3-6,11,13,18H,7-9H2,1-2H3. The smallest absolute Gasteiger partial charge is 0.378 e. The molecule has 2 unspecified atom stereocenters. The molecule has 106 valence electrons. The van der Waals surface area contributed by atoms with Gasteiger partial charge in [-0.1, -0.05) is 12.1 Å². The van der Waals surface area contributed by atoms with Crippen LogP contribution >= 0.6 is 0 Å².